The van der Waals surface area contributed by atoms with Crippen LogP contribution < -0.4 is 14.5 Å². The van der Waals surface area contributed by atoms with Crippen LogP contribution >= 0.6 is 46.4 Å². The van der Waals surface area contributed by atoms with Crippen LogP contribution in [-0.2, 0) is 0 Å². The van der Waals surface area contributed by atoms with Crippen molar-refractivity contribution in [1.29, 1.82) is 0 Å². The minimum Gasteiger partial charge on any atom is -0.456 e. The summed E-state index contributed by atoms with van der Waals surface area (Å²) >= 11 is 26.7. The lowest BCUT2D eigenvalue weighted by Gasteiger charge is -2.35. The largest absolute Gasteiger partial charge is 0.456 e. The lowest BCUT2D eigenvalue weighted by Crippen LogP contribution is -3.15. The molecule has 212 valence electrons. The Morgan fingerprint density at radius 3 is 2.45 bits per heavy atom. The van der Waals surface area contributed by atoms with Crippen LogP contribution in [0.4, 0.5) is 5.69 Å². The maximum absolute atomic E-state index is 6.98. The van der Waals surface area contributed by atoms with Gasteiger partial charge in [-0.3, -0.25) is 0 Å². The lowest BCUT2D eigenvalue weighted by atomic mass is 9.80. The van der Waals surface area contributed by atoms with Gasteiger partial charge in [0.15, 0.2) is 0 Å². The van der Waals surface area contributed by atoms with Crippen molar-refractivity contribution in [3.8, 4) is 5.75 Å². The van der Waals surface area contributed by atoms with Gasteiger partial charge in [0.05, 0.1) is 33.2 Å². The molecule has 2 aromatic rings. The molecule has 1 aliphatic carbocycles. The van der Waals surface area contributed by atoms with Gasteiger partial charge in [-0.15, -0.1) is 0 Å². The van der Waals surface area contributed by atoms with E-state index in [9.17, 15) is 0 Å². The minimum absolute atomic E-state index is 0.279. The molecule has 1 N–H and O–H groups in total. The number of hydrogen-bond donors (Lipinski definition) is 1. The third kappa shape index (κ3) is 4.71. The number of quaternary nitrogens is 1. The van der Waals surface area contributed by atoms with Crippen molar-refractivity contribution in [2.45, 2.75) is 65.3 Å². The second-order valence-electron chi connectivity index (χ2n) is 11.7. The first-order valence-corrected chi connectivity index (χ1v) is 16.2. The number of allylic oxidation sites excluding steroid dienone is 1. The Morgan fingerprint density at radius 1 is 0.925 bits per heavy atom. The summed E-state index contributed by atoms with van der Waals surface area (Å²) in [4.78, 5) is 4.06. The zero-order valence-corrected chi connectivity index (χ0v) is 26.7. The first-order valence-electron chi connectivity index (χ1n) is 14.7. The summed E-state index contributed by atoms with van der Waals surface area (Å²) in [6.07, 6.45) is 9.46. The third-order valence-electron chi connectivity index (χ3n) is 9.43. The molecular formula is C33H37Cl4N2O+. The summed E-state index contributed by atoms with van der Waals surface area (Å²) in [7, 11) is 0. The molecule has 0 bridgehead atoms. The van der Waals surface area contributed by atoms with Crippen molar-refractivity contribution >= 4 is 57.7 Å². The molecule has 3 aliphatic heterocycles. The number of benzene rings is 2. The molecule has 4 atom stereocenters. The zero-order valence-electron chi connectivity index (χ0n) is 23.6. The summed E-state index contributed by atoms with van der Waals surface area (Å²) in [6, 6.07) is 6.75. The van der Waals surface area contributed by atoms with Gasteiger partial charge >= 0.3 is 0 Å². The van der Waals surface area contributed by atoms with Crippen molar-refractivity contribution in [1.82, 2.24) is 0 Å². The second-order valence-corrected chi connectivity index (χ2v) is 13.3. The van der Waals surface area contributed by atoms with Crippen molar-refractivity contribution in [3.05, 3.63) is 84.0 Å². The number of fused-ring (bicyclic) bond motifs is 4. The number of anilines is 1. The standard InChI is InChI=1S/C33H36Cl4N2O/c1-5-38-11-7-9-18(3)20-13-22-28(16-26(20)38)40-29-17-27-21(19(4)10-8-12-39(27)6-2)14-23(29)30(22)24-15-25(34)32(36)33(37)31(24)35/h13-19,26H,5-12H2,1-4H3/p+1. The Kier molecular flexibility index (Phi) is 8.00. The highest BCUT2D eigenvalue weighted by Gasteiger charge is 2.38. The summed E-state index contributed by atoms with van der Waals surface area (Å²) in [5, 5.41) is 1.37. The summed E-state index contributed by atoms with van der Waals surface area (Å²) in [6.45, 7) is 13.5. The number of ether oxygens (including phenoxy) is 1. The highest BCUT2D eigenvalue weighted by molar-refractivity contribution is 6.52. The molecular weight excluding hydrogens is 582 g/mol. The maximum atomic E-state index is 6.98. The molecule has 0 spiro atoms. The fourth-order valence-corrected chi connectivity index (χ4v) is 8.04. The average Bonchev–Trinajstić information content (AvgIpc) is 3.20. The van der Waals surface area contributed by atoms with Crippen LogP contribution in [0, 0.1) is 5.92 Å². The quantitative estimate of drug-likeness (QED) is 0.274. The molecule has 3 nitrogen and oxygen atoms in total. The van der Waals surface area contributed by atoms with Crippen molar-refractivity contribution in [2.24, 2.45) is 5.92 Å². The maximum Gasteiger partial charge on any atom is 0.137 e. The summed E-state index contributed by atoms with van der Waals surface area (Å²) in [5.74, 6) is 2.66. The predicted molar refractivity (Wildman–Crippen MR) is 170 cm³/mol. The van der Waals surface area contributed by atoms with Crippen LogP contribution in [0.5, 0.6) is 5.75 Å². The van der Waals surface area contributed by atoms with E-state index in [0.717, 1.165) is 59.8 Å². The highest BCUT2D eigenvalue weighted by Crippen LogP contribution is 2.52. The topological polar surface area (TPSA) is 16.9 Å². The minimum atomic E-state index is 0.279. The van der Waals surface area contributed by atoms with E-state index in [1.54, 1.807) is 4.90 Å². The van der Waals surface area contributed by atoms with Crippen LogP contribution in [0.3, 0.4) is 0 Å². The van der Waals surface area contributed by atoms with E-state index >= 15 is 0 Å². The van der Waals surface area contributed by atoms with E-state index in [1.807, 2.05) is 6.07 Å². The van der Waals surface area contributed by atoms with Crippen LogP contribution in [0.15, 0.2) is 47.3 Å². The Labute approximate surface area is 258 Å². The smallest absolute Gasteiger partial charge is 0.137 e. The average molecular weight is 619 g/mol. The lowest BCUT2D eigenvalue weighted by molar-refractivity contribution is -0.911. The fraction of sp³-hybridized carbons (Fsp3) is 0.455. The van der Waals surface area contributed by atoms with Crippen molar-refractivity contribution in [3.63, 3.8) is 0 Å². The van der Waals surface area contributed by atoms with E-state index in [1.165, 1.54) is 42.6 Å². The van der Waals surface area contributed by atoms with E-state index in [0.29, 0.717) is 27.9 Å². The first kappa shape index (κ1) is 28.5. The molecule has 4 unspecified atom stereocenters. The number of nitrogens with one attached hydrogen (secondary N) is 1. The highest BCUT2D eigenvalue weighted by atomic mass is 35.5. The van der Waals surface area contributed by atoms with E-state index in [2.05, 4.69) is 56.9 Å². The number of likely N-dealkylation sites (tertiary alicyclic amines) is 1. The molecule has 40 heavy (non-hydrogen) atoms. The van der Waals surface area contributed by atoms with Gasteiger partial charge in [0.1, 0.15) is 17.6 Å². The van der Waals surface area contributed by atoms with Gasteiger partial charge in [-0.25, -0.2) is 0 Å². The normalized spacial score (nSPS) is 25.9. The Morgan fingerprint density at radius 2 is 1.70 bits per heavy atom. The molecule has 3 heterocycles. The van der Waals surface area contributed by atoms with Gasteiger partial charge in [-0.2, -0.15) is 0 Å². The Balaban J connectivity index is 1.66. The van der Waals surface area contributed by atoms with Gasteiger partial charge in [0.25, 0.3) is 0 Å². The number of rotatable bonds is 3. The SMILES string of the molecule is CCN1CCCC(C)c2cc3c(cc21)OC1=CC2C(=CC1=C3c1cc(Cl)c(Cl)c(Cl)c1Cl)C(C)CCC[NH+]2CC. The third-order valence-corrected chi connectivity index (χ3v) is 11.2. The van der Waals surface area contributed by atoms with Crippen LogP contribution in [0.1, 0.15) is 76.0 Å². The number of likely N-dealkylation sites (N-methyl/N-ethyl adjacent to an activating group) is 1. The van der Waals surface area contributed by atoms with Gasteiger partial charge in [-0.1, -0.05) is 60.3 Å². The molecule has 4 aliphatic rings. The predicted octanol–water partition coefficient (Wildman–Crippen LogP) is 8.75. The second kappa shape index (κ2) is 11.2. The zero-order chi connectivity index (χ0) is 28.3. The van der Waals surface area contributed by atoms with E-state index < -0.39 is 0 Å². The molecule has 0 saturated carbocycles. The number of hydrogen-bond acceptors (Lipinski definition) is 2. The van der Waals surface area contributed by atoms with Gasteiger partial charge < -0.3 is 14.5 Å². The molecule has 0 amide bonds. The molecule has 1 fully saturated rings. The van der Waals surface area contributed by atoms with Crippen LogP contribution in [0.25, 0.3) is 5.57 Å². The molecule has 1 saturated heterocycles. The van der Waals surface area contributed by atoms with Crippen LogP contribution in [-0.4, -0.2) is 32.2 Å². The Hall–Kier alpha value is -1.62. The summed E-state index contributed by atoms with van der Waals surface area (Å²) in [5.41, 5.74) is 7.96. The van der Waals surface area contributed by atoms with Gasteiger partial charge in [0.2, 0.25) is 0 Å². The van der Waals surface area contributed by atoms with E-state index in [-0.39, 0.29) is 10.0 Å². The molecule has 6 rings (SSSR count). The van der Waals surface area contributed by atoms with Crippen molar-refractivity contribution < 1.29 is 9.64 Å². The number of nitrogens with zero attached hydrogens (tertiary/aromatic N) is 1. The molecule has 0 radical (unpaired) electrons. The Bertz CT molecular complexity index is 1460. The van der Waals surface area contributed by atoms with Gasteiger partial charge in [0, 0.05) is 53.2 Å². The molecule has 7 heteroatoms. The van der Waals surface area contributed by atoms with Crippen LogP contribution in [0.2, 0.25) is 20.1 Å². The first-order chi connectivity index (χ1) is 19.2. The molecule has 2 aromatic carbocycles. The number of halogens is 4. The fourth-order valence-electron chi connectivity index (χ4n) is 7.14. The van der Waals surface area contributed by atoms with Crippen molar-refractivity contribution in [2.75, 3.05) is 31.1 Å². The monoisotopic (exact) mass is 617 g/mol. The van der Waals surface area contributed by atoms with Gasteiger partial charge in [-0.05, 0) is 80.7 Å². The van der Waals surface area contributed by atoms with E-state index in [4.69, 9.17) is 51.1 Å². The molecule has 0 aromatic heterocycles. The summed E-state index contributed by atoms with van der Waals surface area (Å²) < 4.78 is 6.85.